The second-order valence-electron chi connectivity index (χ2n) is 5.93. The van der Waals surface area contributed by atoms with E-state index in [0.29, 0.717) is 0 Å². The average molecular weight is 261 g/mol. The number of fused-ring (bicyclic) bond motifs is 1. The number of nitrogens with zero attached hydrogens (tertiary/aromatic N) is 3. The maximum absolute atomic E-state index is 12.5. The first-order chi connectivity index (χ1) is 9.10. The molecule has 1 aliphatic carbocycles. The molecule has 0 unspecified atom stereocenters. The van der Waals surface area contributed by atoms with Crippen LogP contribution in [-0.2, 0) is 0 Å². The lowest BCUT2D eigenvalue weighted by atomic mass is 9.71. The van der Waals surface area contributed by atoms with Crippen molar-refractivity contribution in [1.29, 1.82) is 0 Å². The molecule has 1 N–H and O–H groups in total. The first-order valence-electron chi connectivity index (χ1n) is 6.86. The van der Waals surface area contributed by atoms with E-state index in [-0.39, 0.29) is 29.3 Å². The number of rotatable bonds is 1. The Bertz CT molecular complexity index is 479. The molecule has 0 radical (unpaired) electrons. The lowest BCUT2D eigenvalue weighted by Gasteiger charge is -2.41. The number of aromatic nitrogens is 2. The molecule has 2 fully saturated rings. The van der Waals surface area contributed by atoms with Crippen LogP contribution in [0.5, 0.6) is 0 Å². The average Bonchev–Trinajstić information content (AvgIpc) is 2.75. The molecule has 1 aromatic heterocycles. The van der Waals surface area contributed by atoms with Crippen LogP contribution in [0.15, 0.2) is 18.5 Å². The van der Waals surface area contributed by atoms with Gasteiger partial charge in [0.2, 0.25) is 5.82 Å². The molecule has 2 heterocycles. The largest absolute Gasteiger partial charge is 0.393 e. The van der Waals surface area contributed by atoms with E-state index in [1.165, 1.54) is 0 Å². The summed E-state index contributed by atoms with van der Waals surface area (Å²) in [6.07, 6.45) is 6.37. The second-order valence-corrected chi connectivity index (χ2v) is 5.93. The molecule has 1 aliphatic heterocycles. The van der Waals surface area contributed by atoms with Crippen molar-refractivity contribution in [1.82, 2.24) is 14.9 Å². The Balaban J connectivity index is 1.82. The molecule has 1 aromatic rings. The third-order valence-corrected chi connectivity index (χ3v) is 4.60. The zero-order valence-corrected chi connectivity index (χ0v) is 11.1. The minimum absolute atomic E-state index is 0.0438. The molecule has 3 rings (SSSR count). The first kappa shape index (κ1) is 12.5. The normalized spacial score (nSPS) is 34.1. The van der Waals surface area contributed by atoms with Gasteiger partial charge in [-0.2, -0.15) is 0 Å². The van der Waals surface area contributed by atoms with Gasteiger partial charge in [0.05, 0.1) is 6.10 Å². The fourth-order valence-electron chi connectivity index (χ4n) is 3.59. The number of aliphatic hydroxyl groups is 1. The van der Waals surface area contributed by atoms with Crippen LogP contribution in [0.2, 0.25) is 0 Å². The van der Waals surface area contributed by atoms with E-state index in [2.05, 4.69) is 16.9 Å². The van der Waals surface area contributed by atoms with E-state index in [4.69, 9.17) is 0 Å². The van der Waals surface area contributed by atoms with Gasteiger partial charge >= 0.3 is 0 Å². The van der Waals surface area contributed by atoms with Crippen LogP contribution in [0.4, 0.5) is 0 Å². The van der Waals surface area contributed by atoms with E-state index in [9.17, 15) is 9.90 Å². The second kappa shape index (κ2) is 4.56. The minimum Gasteiger partial charge on any atom is -0.393 e. The van der Waals surface area contributed by atoms with Crippen molar-refractivity contribution >= 4 is 5.91 Å². The molecule has 0 bridgehead atoms. The van der Waals surface area contributed by atoms with Gasteiger partial charge in [0.1, 0.15) is 0 Å². The summed E-state index contributed by atoms with van der Waals surface area (Å²) < 4.78 is 0. The summed E-state index contributed by atoms with van der Waals surface area (Å²) >= 11 is 0. The number of amides is 1. The van der Waals surface area contributed by atoms with Crippen molar-refractivity contribution in [3.05, 3.63) is 24.3 Å². The van der Waals surface area contributed by atoms with Gasteiger partial charge < -0.3 is 10.0 Å². The SMILES string of the molecule is C[C@@]12CCN(C(=O)c3ncccn3)[C@@H]1CC[C@@H](O)C2. The topological polar surface area (TPSA) is 66.3 Å². The highest BCUT2D eigenvalue weighted by Gasteiger charge is 2.49. The van der Waals surface area contributed by atoms with Crippen LogP contribution in [-0.4, -0.2) is 44.6 Å². The summed E-state index contributed by atoms with van der Waals surface area (Å²) in [7, 11) is 0. The van der Waals surface area contributed by atoms with Crippen LogP contribution in [0.3, 0.4) is 0 Å². The maximum Gasteiger partial charge on any atom is 0.291 e. The van der Waals surface area contributed by atoms with Gasteiger partial charge in [0, 0.05) is 25.0 Å². The van der Waals surface area contributed by atoms with Gasteiger partial charge in [-0.15, -0.1) is 0 Å². The smallest absolute Gasteiger partial charge is 0.291 e. The molecular formula is C14H19N3O2. The summed E-state index contributed by atoms with van der Waals surface area (Å²) in [4.78, 5) is 22.5. The van der Waals surface area contributed by atoms with Crippen molar-refractivity contribution in [3.63, 3.8) is 0 Å². The lowest BCUT2D eigenvalue weighted by molar-refractivity contribution is 0.0206. The van der Waals surface area contributed by atoms with E-state index < -0.39 is 0 Å². The summed E-state index contributed by atoms with van der Waals surface area (Å²) in [5, 5.41) is 9.84. The van der Waals surface area contributed by atoms with Crippen molar-refractivity contribution < 1.29 is 9.90 Å². The molecule has 2 aliphatic rings. The molecule has 1 saturated carbocycles. The van der Waals surface area contributed by atoms with Gasteiger partial charge in [-0.25, -0.2) is 9.97 Å². The highest BCUT2D eigenvalue weighted by molar-refractivity contribution is 5.90. The molecule has 5 heteroatoms. The molecule has 19 heavy (non-hydrogen) atoms. The molecule has 102 valence electrons. The lowest BCUT2D eigenvalue weighted by Crippen LogP contribution is -2.46. The summed E-state index contributed by atoms with van der Waals surface area (Å²) in [5.74, 6) is 0.198. The molecule has 3 atom stereocenters. The van der Waals surface area contributed by atoms with Gasteiger partial charge in [0.15, 0.2) is 0 Å². The molecule has 0 spiro atoms. The molecule has 1 amide bonds. The third-order valence-electron chi connectivity index (χ3n) is 4.60. The van der Waals surface area contributed by atoms with Crippen LogP contribution < -0.4 is 0 Å². The molecule has 5 nitrogen and oxygen atoms in total. The quantitative estimate of drug-likeness (QED) is 0.826. The molecular weight excluding hydrogens is 242 g/mol. The van der Waals surface area contributed by atoms with Crippen molar-refractivity contribution in [2.45, 2.75) is 44.8 Å². The van der Waals surface area contributed by atoms with Crippen LogP contribution >= 0.6 is 0 Å². The first-order valence-corrected chi connectivity index (χ1v) is 6.86. The van der Waals surface area contributed by atoms with E-state index in [1.807, 2.05) is 4.90 Å². The Morgan fingerprint density at radius 2 is 2.16 bits per heavy atom. The van der Waals surface area contributed by atoms with Gasteiger partial charge in [0.25, 0.3) is 5.91 Å². The summed E-state index contributed by atoms with van der Waals surface area (Å²) in [6.45, 7) is 2.92. The van der Waals surface area contributed by atoms with Crippen LogP contribution in [0.25, 0.3) is 0 Å². The van der Waals surface area contributed by atoms with Gasteiger partial charge in [-0.05, 0) is 37.2 Å². The monoisotopic (exact) mass is 261 g/mol. The van der Waals surface area contributed by atoms with E-state index >= 15 is 0 Å². The van der Waals surface area contributed by atoms with Gasteiger partial charge in [-0.3, -0.25) is 4.79 Å². The predicted octanol–water partition coefficient (Wildman–Crippen LogP) is 1.24. The Morgan fingerprint density at radius 3 is 2.89 bits per heavy atom. The Labute approximate surface area is 112 Å². The fraction of sp³-hybridized carbons (Fsp3) is 0.643. The minimum atomic E-state index is -0.218. The van der Waals surface area contributed by atoms with E-state index in [1.54, 1.807) is 18.5 Å². The van der Waals surface area contributed by atoms with Crippen molar-refractivity contribution in [2.75, 3.05) is 6.54 Å². The maximum atomic E-state index is 12.5. The Hall–Kier alpha value is -1.49. The zero-order valence-electron chi connectivity index (χ0n) is 11.1. The van der Waals surface area contributed by atoms with E-state index in [0.717, 1.165) is 32.2 Å². The number of aliphatic hydroxyl groups excluding tert-OH is 1. The third kappa shape index (κ3) is 2.12. The van der Waals surface area contributed by atoms with Crippen molar-refractivity contribution in [3.8, 4) is 0 Å². The number of hydrogen-bond donors (Lipinski definition) is 1. The standard InChI is InChI=1S/C14H19N3O2/c1-14-5-8-17(11(14)4-3-10(18)9-14)13(19)12-15-6-2-7-16-12/h2,6-7,10-11,18H,3-5,8-9H2,1H3/t10-,11-,14+/m1/s1. The Kier molecular flexibility index (Phi) is 3.01. The summed E-state index contributed by atoms with van der Waals surface area (Å²) in [6, 6.07) is 1.93. The Morgan fingerprint density at radius 1 is 1.42 bits per heavy atom. The molecule has 0 aromatic carbocycles. The highest BCUT2D eigenvalue weighted by atomic mass is 16.3. The predicted molar refractivity (Wildman–Crippen MR) is 69.4 cm³/mol. The summed E-state index contributed by atoms with van der Waals surface area (Å²) in [5.41, 5.74) is 0.0438. The zero-order chi connectivity index (χ0) is 13.5. The molecule has 1 saturated heterocycles. The van der Waals surface area contributed by atoms with Crippen LogP contribution in [0.1, 0.15) is 43.2 Å². The number of hydrogen-bond acceptors (Lipinski definition) is 4. The number of likely N-dealkylation sites (tertiary alicyclic amines) is 1. The number of carbonyl (C=O) groups excluding carboxylic acids is 1. The van der Waals surface area contributed by atoms with Crippen LogP contribution in [0, 0.1) is 5.41 Å². The van der Waals surface area contributed by atoms with Crippen molar-refractivity contribution in [2.24, 2.45) is 5.41 Å². The fourth-order valence-corrected chi connectivity index (χ4v) is 3.59. The number of carbonyl (C=O) groups is 1. The van der Waals surface area contributed by atoms with Gasteiger partial charge in [-0.1, -0.05) is 6.92 Å². The highest BCUT2D eigenvalue weighted by Crippen LogP contribution is 2.46.